The van der Waals surface area contributed by atoms with E-state index in [-0.39, 0.29) is 5.91 Å². The summed E-state index contributed by atoms with van der Waals surface area (Å²) in [5.41, 5.74) is 3.46. The highest BCUT2D eigenvalue weighted by Gasteiger charge is 2.16. The smallest absolute Gasteiger partial charge is 0.268 e. The van der Waals surface area contributed by atoms with E-state index in [1.165, 1.54) is 0 Å². The minimum absolute atomic E-state index is 0.304. The highest BCUT2D eigenvalue weighted by molar-refractivity contribution is 5.96. The number of carbonyl (C=O) groups excluding carboxylic acids is 1. The summed E-state index contributed by atoms with van der Waals surface area (Å²) in [5, 5.41) is 0. The average Bonchev–Trinajstić information content (AvgIpc) is 2.26. The molecule has 0 atom stereocenters. The van der Waals surface area contributed by atoms with Gasteiger partial charge in [-0.25, -0.2) is 5.84 Å². The van der Waals surface area contributed by atoms with Crippen LogP contribution in [0.1, 0.15) is 27.4 Å². The van der Waals surface area contributed by atoms with Crippen LogP contribution in [0.25, 0.3) is 0 Å². The van der Waals surface area contributed by atoms with Gasteiger partial charge in [0.1, 0.15) is 11.5 Å². The fourth-order valence-electron chi connectivity index (χ4n) is 1.20. The van der Waals surface area contributed by atoms with Gasteiger partial charge in [0.15, 0.2) is 0 Å². The molecule has 1 amide bonds. The lowest BCUT2D eigenvalue weighted by Gasteiger charge is -1.97. The molecule has 1 rings (SSSR count). The van der Waals surface area contributed by atoms with Crippen LogP contribution in [0.15, 0.2) is 4.42 Å². The molecular formula is C8H12N2O2. The third-order valence-corrected chi connectivity index (χ3v) is 1.92. The fourth-order valence-corrected chi connectivity index (χ4v) is 1.20. The fraction of sp³-hybridized carbons (Fsp3) is 0.375. The van der Waals surface area contributed by atoms with Crippen LogP contribution in [0.2, 0.25) is 0 Å². The lowest BCUT2D eigenvalue weighted by atomic mass is 10.1. The summed E-state index contributed by atoms with van der Waals surface area (Å²) in [6.45, 7) is 5.39. The predicted molar refractivity (Wildman–Crippen MR) is 44.6 cm³/mol. The molecule has 4 heteroatoms. The summed E-state index contributed by atoms with van der Waals surface area (Å²) in [4.78, 5) is 11.2. The molecule has 0 saturated heterocycles. The molecule has 12 heavy (non-hydrogen) atoms. The standard InChI is InChI=1S/C8H12N2O2/c1-4-5(2)12-6(3)7(4)8(11)10-9/h9H2,1-3H3,(H,10,11). The largest absolute Gasteiger partial charge is 0.466 e. The molecule has 3 N–H and O–H groups in total. The Morgan fingerprint density at radius 3 is 2.25 bits per heavy atom. The molecule has 0 spiro atoms. The lowest BCUT2D eigenvalue weighted by molar-refractivity contribution is 0.0951. The molecule has 0 aromatic carbocycles. The normalized spacial score (nSPS) is 10.0. The van der Waals surface area contributed by atoms with Gasteiger partial charge in [-0.2, -0.15) is 0 Å². The van der Waals surface area contributed by atoms with Crippen LogP contribution in [-0.4, -0.2) is 5.91 Å². The van der Waals surface area contributed by atoms with Crippen LogP contribution in [0, 0.1) is 20.8 Å². The van der Waals surface area contributed by atoms with Crippen LogP contribution in [0.5, 0.6) is 0 Å². The van der Waals surface area contributed by atoms with Gasteiger partial charge in [-0.05, 0) is 20.8 Å². The van der Waals surface area contributed by atoms with Gasteiger partial charge in [-0.1, -0.05) is 0 Å². The molecule has 1 aromatic rings. The van der Waals surface area contributed by atoms with E-state index in [1.54, 1.807) is 6.92 Å². The molecule has 66 valence electrons. The molecule has 0 fully saturated rings. The van der Waals surface area contributed by atoms with E-state index < -0.39 is 0 Å². The molecule has 1 heterocycles. The summed E-state index contributed by atoms with van der Waals surface area (Å²) >= 11 is 0. The first kappa shape index (κ1) is 8.80. The van der Waals surface area contributed by atoms with Crippen molar-refractivity contribution in [1.29, 1.82) is 0 Å². The van der Waals surface area contributed by atoms with Crippen molar-refractivity contribution in [2.45, 2.75) is 20.8 Å². The van der Waals surface area contributed by atoms with E-state index in [0.29, 0.717) is 11.3 Å². The zero-order valence-electron chi connectivity index (χ0n) is 7.39. The summed E-state index contributed by atoms with van der Waals surface area (Å²) in [5.74, 6) is 6.07. The minimum atomic E-state index is -0.304. The number of hydrazine groups is 1. The zero-order chi connectivity index (χ0) is 9.30. The number of hydrogen-bond donors (Lipinski definition) is 2. The molecule has 4 nitrogen and oxygen atoms in total. The molecule has 0 aliphatic heterocycles. The Morgan fingerprint density at radius 1 is 1.33 bits per heavy atom. The number of carbonyl (C=O) groups is 1. The third-order valence-electron chi connectivity index (χ3n) is 1.92. The quantitative estimate of drug-likeness (QED) is 0.370. The number of furan rings is 1. The van der Waals surface area contributed by atoms with Crippen molar-refractivity contribution in [2.75, 3.05) is 0 Å². The molecule has 0 bridgehead atoms. The highest BCUT2D eigenvalue weighted by atomic mass is 16.3. The van der Waals surface area contributed by atoms with E-state index >= 15 is 0 Å². The SMILES string of the molecule is Cc1oc(C)c(C(=O)NN)c1C. The van der Waals surface area contributed by atoms with Gasteiger partial charge in [-0.15, -0.1) is 0 Å². The lowest BCUT2D eigenvalue weighted by Crippen LogP contribution is -2.30. The van der Waals surface area contributed by atoms with Gasteiger partial charge >= 0.3 is 0 Å². The van der Waals surface area contributed by atoms with Gasteiger partial charge in [0, 0.05) is 5.56 Å². The van der Waals surface area contributed by atoms with E-state index in [4.69, 9.17) is 10.3 Å². The number of nitrogens with one attached hydrogen (secondary N) is 1. The maximum atomic E-state index is 11.2. The first-order valence-corrected chi connectivity index (χ1v) is 3.65. The van der Waals surface area contributed by atoms with Crippen molar-refractivity contribution < 1.29 is 9.21 Å². The molecule has 0 aliphatic carbocycles. The average molecular weight is 168 g/mol. The Labute approximate surface area is 70.7 Å². The summed E-state index contributed by atoms with van der Waals surface area (Å²) in [6.07, 6.45) is 0. The van der Waals surface area contributed by atoms with Crippen molar-refractivity contribution >= 4 is 5.91 Å². The Bertz CT molecular complexity index is 315. The summed E-state index contributed by atoms with van der Waals surface area (Å²) in [7, 11) is 0. The van der Waals surface area contributed by atoms with Gasteiger partial charge in [0.25, 0.3) is 5.91 Å². The molecule has 0 aliphatic rings. The summed E-state index contributed by atoms with van der Waals surface area (Å²) < 4.78 is 5.25. The third kappa shape index (κ3) is 1.21. The highest BCUT2D eigenvalue weighted by Crippen LogP contribution is 2.19. The van der Waals surface area contributed by atoms with Gasteiger partial charge in [0.2, 0.25) is 0 Å². The minimum Gasteiger partial charge on any atom is -0.466 e. The molecule has 0 saturated carbocycles. The second-order valence-electron chi connectivity index (χ2n) is 2.69. The van der Waals surface area contributed by atoms with Crippen molar-refractivity contribution in [2.24, 2.45) is 5.84 Å². The maximum Gasteiger partial charge on any atom is 0.268 e. The van der Waals surface area contributed by atoms with Gasteiger partial charge < -0.3 is 4.42 Å². The van der Waals surface area contributed by atoms with Crippen molar-refractivity contribution in [3.63, 3.8) is 0 Å². The maximum absolute atomic E-state index is 11.2. The number of aryl methyl sites for hydroxylation is 2. The number of rotatable bonds is 1. The zero-order valence-corrected chi connectivity index (χ0v) is 7.39. The first-order valence-electron chi connectivity index (χ1n) is 3.65. The Morgan fingerprint density at radius 2 is 1.92 bits per heavy atom. The van der Waals surface area contributed by atoms with Crippen LogP contribution in [0.3, 0.4) is 0 Å². The van der Waals surface area contributed by atoms with E-state index in [2.05, 4.69) is 5.43 Å². The Hall–Kier alpha value is -1.29. The first-order chi connectivity index (χ1) is 5.57. The number of hydrogen-bond acceptors (Lipinski definition) is 3. The van der Waals surface area contributed by atoms with Gasteiger partial charge in [0.05, 0.1) is 5.56 Å². The number of nitrogen functional groups attached to an aromatic ring is 1. The topological polar surface area (TPSA) is 68.3 Å². The Kier molecular flexibility index (Phi) is 2.19. The summed E-state index contributed by atoms with van der Waals surface area (Å²) in [6, 6.07) is 0. The second-order valence-corrected chi connectivity index (χ2v) is 2.69. The van der Waals surface area contributed by atoms with E-state index in [9.17, 15) is 4.79 Å². The van der Waals surface area contributed by atoms with Crippen molar-refractivity contribution in [3.8, 4) is 0 Å². The molecular weight excluding hydrogens is 156 g/mol. The predicted octanol–water partition coefficient (Wildman–Crippen LogP) is 0.808. The molecule has 1 aromatic heterocycles. The number of nitrogens with two attached hydrogens (primary N) is 1. The molecule has 0 unspecified atom stereocenters. The van der Waals surface area contributed by atoms with Crippen LogP contribution >= 0.6 is 0 Å². The van der Waals surface area contributed by atoms with Crippen molar-refractivity contribution in [1.82, 2.24) is 5.43 Å². The molecule has 0 radical (unpaired) electrons. The van der Waals surface area contributed by atoms with E-state index in [0.717, 1.165) is 11.3 Å². The van der Waals surface area contributed by atoms with Crippen LogP contribution in [-0.2, 0) is 0 Å². The van der Waals surface area contributed by atoms with Crippen LogP contribution < -0.4 is 11.3 Å². The van der Waals surface area contributed by atoms with E-state index in [1.807, 2.05) is 13.8 Å². The number of amides is 1. The monoisotopic (exact) mass is 168 g/mol. The van der Waals surface area contributed by atoms with Crippen LogP contribution in [0.4, 0.5) is 0 Å². The van der Waals surface area contributed by atoms with Gasteiger partial charge in [-0.3, -0.25) is 10.2 Å². The Balaban J connectivity index is 3.22. The van der Waals surface area contributed by atoms with Crippen molar-refractivity contribution in [3.05, 3.63) is 22.6 Å². The second kappa shape index (κ2) is 2.98.